The Morgan fingerprint density at radius 2 is 1.45 bits per heavy atom. The average molecular weight is 852 g/mol. The van der Waals surface area contributed by atoms with Gasteiger partial charge in [0.15, 0.2) is 5.60 Å². The predicted octanol–water partition coefficient (Wildman–Crippen LogP) is 8.20. The number of amides is 2. The highest BCUT2D eigenvalue weighted by Crippen LogP contribution is 2.44. The highest BCUT2D eigenvalue weighted by molar-refractivity contribution is 9.10. The van der Waals surface area contributed by atoms with Crippen molar-refractivity contribution >= 4 is 68.3 Å². The van der Waals surface area contributed by atoms with Crippen molar-refractivity contribution in [3.05, 3.63) is 87.9 Å². The van der Waals surface area contributed by atoms with Crippen LogP contribution in [0.2, 0.25) is 0 Å². The Hall–Kier alpha value is -3.35. The van der Waals surface area contributed by atoms with Gasteiger partial charge >= 0.3 is 6.09 Å². The molecule has 0 radical (unpaired) electrons. The lowest BCUT2D eigenvalue weighted by molar-refractivity contribution is -0.129. The lowest BCUT2D eigenvalue weighted by atomic mass is 9.82. The van der Waals surface area contributed by atoms with E-state index in [2.05, 4.69) is 21.2 Å². The number of fused-ring (bicyclic) bond motifs is 2. The lowest BCUT2D eigenvalue weighted by Gasteiger charge is -2.48. The van der Waals surface area contributed by atoms with E-state index in [0.717, 1.165) is 39.8 Å². The molecule has 0 spiro atoms. The molecule has 10 nitrogen and oxygen atoms in total. The molecule has 2 amide bonds. The first-order valence-electron chi connectivity index (χ1n) is 17.4. The number of carbonyl (C=O) groups is 2. The van der Waals surface area contributed by atoms with Gasteiger partial charge in [0.2, 0.25) is 3.79 Å². The minimum absolute atomic E-state index is 0.0434. The van der Waals surface area contributed by atoms with Crippen molar-refractivity contribution in [2.24, 2.45) is 0 Å². The number of nitrogens with one attached hydrogen (secondary N) is 1. The molecule has 2 heterocycles. The SMILES string of the molecule is COc1cc(CN(C(=O)C2=C(c3ccc(OCCOc4ccc(Br)cc4)cc3)CC3CNC[C@H]2N3C(=O)OC(C)(C)C(Cl)(Cl)Cl)C2CC2)cc(OC)c1. The number of halogens is 4. The maximum Gasteiger partial charge on any atom is 0.411 e. The molecule has 2 bridgehead atoms. The number of methoxy groups -OCH3 is 2. The number of nitrogens with zero attached hydrogens (tertiary/aromatic N) is 2. The predicted molar refractivity (Wildman–Crippen MR) is 209 cm³/mol. The summed E-state index contributed by atoms with van der Waals surface area (Å²) in [6.45, 7) is 5.01. The first-order chi connectivity index (χ1) is 25.3. The van der Waals surface area contributed by atoms with Crippen molar-refractivity contribution in [1.29, 1.82) is 0 Å². The highest BCUT2D eigenvalue weighted by atomic mass is 79.9. The summed E-state index contributed by atoms with van der Waals surface area (Å²) >= 11 is 22.1. The zero-order chi connectivity index (χ0) is 37.9. The zero-order valence-corrected chi connectivity index (χ0v) is 33.9. The van der Waals surface area contributed by atoms with E-state index in [4.69, 9.17) is 58.5 Å². The van der Waals surface area contributed by atoms with E-state index in [1.807, 2.05) is 65.6 Å². The van der Waals surface area contributed by atoms with Gasteiger partial charge in [0.1, 0.15) is 36.2 Å². The van der Waals surface area contributed by atoms with Crippen LogP contribution in [0.5, 0.6) is 23.0 Å². The maximum absolute atomic E-state index is 15.1. The van der Waals surface area contributed by atoms with E-state index in [1.165, 1.54) is 0 Å². The Morgan fingerprint density at radius 1 is 0.868 bits per heavy atom. The van der Waals surface area contributed by atoms with Gasteiger partial charge in [-0.15, -0.1) is 0 Å². The fraction of sp³-hybridized carbons (Fsp3) is 0.436. The van der Waals surface area contributed by atoms with Crippen molar-refractivity contribution in [1.82, 2.24) is 15.1 Å². The number of piperazine rings is 1. The summed E-state index contributed by atoms with van der Waals surface area (Å²) in [5.41, 5.74) is 1.70. The molecule has 6 rings (SSSR count). The number of carbonyl (C=O) groups excluding carboxylic acids is 2. The number of hydrogen-bond acceptors (Lipinski definition) is 8. The summed E-state index contributed by atoms with van der Waals surface area (Å²) in [6.07, 6.45) is 1.51. The van der Waals surface area contributed by atoms with Crippen molar-refractivity contribution in [2.75, 3.05) is 40.5 Å². The molecule has 1 saturated heterocycles. The molecule has 284 valence electrons. The highest BCUT2D eigenvalue weighted by Gasteiger charge is 2.50. The van der Waals surface area contributed by atoms with Crippen LogP contribution in [0.25, 0.3) is 5.57 Å². The van der Waals surface area contributed by atoms with Gasteiger partial charge in [0, 0.05) is 41.8 Å². The summed E-state index contributed by atoms with van der Waals surface area (Å²) in [5.74, 6) is 2.54. The minimum atomic E-state index is -1.87. The van der Waals surface area contributed by atoms with Crippen LogP contribution >= 0.6 is 50.7 Å². The van der Waals surface area contributed by atoms with E-state index < -0.39 is 21.5 Å². The number of alkyl halides is 3. The molecule has 1 N–H and O–H groups in total. The molecule has 3 aromatic rings. The van der Waals surface area contributed by atoms with Crippen LogP contribution in [0, 0.1) is 0 Å². The Balaban J connectivity index is 1.31. The quantitative estimate of drug-likeness (QED) is 0.136. The molecule has 2 aliphatic heterocycles. The third kappa shape index (κ3) is 9.31. The lowest BCUT2D eigenvalue weighted by Crippen LogP contribution is -2.64. The van der Waals surface area contributed by atoms with Crippen molar-refractivity contribution in [3.8, 4) is 23.0 Å². The van der Waals surface area contributed by atoms with Gasteiger partial charge in [-0.25, -0.2) is 4.79 Å². The average Bonchev–Trinajstić information content (AvgIpc) is 3.97. The van der Waals surface area contributed by atoms with Crippen molar-refractivity contribution in [2.45, 2.75) is 67.2 Å². The van der Waals surface area contributed by atoms with E-state index in [9.17, 15) is 4.79 Å². The summed E-state index contributed by atoms with van der Waals surface area (Å²) in [6, 6.07) is 20.0. The van der Waals surface area contributed by atoms with Crippen LogP contribution in [0.1, 0.15) is 44.2 Å². The van der Waals surface area contributed by atoms with Crippen LogP contribution in [0.3, 0.4) is 0 Å². The molecule has 14 heteroatoms. The number of hydrogen-bond donors (Lipinski definition) is 1. The molecule has 1 saturated carbocycles. The summed E-state index contributed by atoms with van der Waals surface area (Å²) in [5, 5.41) is 3.44. The first kappa shape index (κ1) is 39.3. The monoisotopic (exact) mass is 849 g/mol. The van der Waals surface area contributed by atoms with Crippen molar-refractivity contribution in [3.63, 3.8) is 0 Å². The largest absolute Gasteiger partial charge is 0.497 e. The Labute approximate surface area is 333 Å². The summed E-state index contributed by atoms with van der Waals surface area (Å²) < 4.78 is 27.8. The van der Waals surface area contributed by atoms with Gasteiger partial charge in [-0.2, -0.15) is 0 Å². The molecule has 3 aliphatic rings. The minimum Gasteiger partial charge on any atom is -0.497 e. The molecule has 3 aromatic carbocycles. The Kier molecular flexibility index (Phi) is 12.3. The maximum atomic E-state index is 15.1. The molecular weight excluding hydrogens is 809 g/mol. The topological polar surface area (TPSA) is 98.8 Å². The van der Waals surface area contributed by atoms with Crippen LogP contribution in [-0.2, 0) is 16.1 Å². The van der Waals surface area contributed by atoms with Gasteiger partial charge in [-0.1, -0.05) is 62.9 Å². The Morgan fingerprint density at radius 3 is 2.00 bits per heavy atom. The van der Waals surface area contributed by atoms with E-state index in [1.54, 1.807) is 39.0 Å². The van der Waals surface area contributed by atoms with Crippen LogP contribution in [-0.4, -0.2) is 89.8 Å². The van der Waals surface area contributed by atoms with Gasteiger partial charge in [0.25, 0.3) is 5.91 Å². The number of ether oxygens (including phenoxy) is 5. The first-order valence-corrected chi connectivity index (χ1v) is 19.4. The fourth-order valence-corrected chi connectivity index (χ4v) is 6.99. The molecule has 2 atom stereocenters. The van der Waals surface area contributed by atoms with Crippen LogP contribution in [0.15, 0.2) is 76.8 Å². The molecule has 2 fully saturated rings. The molecule has 1 unspecified atom stereocenters. The van der Waals surface area contributed by atoms with E-state index in [-0.39, 0.29) is 18.0 Å². The Bertz CT molecular complexity index is 1790. The van der Waals surface area contributed by atoms with E-state index >= 15 is 4.79 Å². The molecule has 0 aromatic heterocycles. The standard InChI is InChI=1S/C39H43BrCl3N3O7/c1-38(2,39(41,42)43)53-37(48)46-28-19-33(25-5-11-29(12-6-25)51-15-16-52-30-13-7-26(40)8-14-30)35(34(46)22-44-21-28)36(47)45(27-9-10-27)23-24-17-31(49-3)20-32(18-24)50-4/h5-8,11-14,17-18,20,27-28,34,44H,9-10,15-16,19,21-23H2,1-4H3/t28?,34-/m1/s1. The second-order valence-corrected chi connectivity index (χ2v) is 17.0. The third-order valence-corrected chi connectivity index (χ3v) is 11.6. The molecular formula is C39H43BrCl3N3O7. The zero-order valence-electron chi connectivity index (χ0n) is 30.0. The molecule has 1 aliphatic carbocycles. The van der Waals surface area contributed by atoms with Gasteiger partial charge in [-0.05, 0) is 98.3 Å². The normalized spacial score (nSPS) is 18.7. The van der Waals surface area contributed by atoms with Crippen LogP contribution < -0.4 is 24.3 Å². The van der Waals surface area contributed by atoms with Crippen LogP contribution in [0.4, 0.5) is 4.79 Å². The number of benzene rings is 3. The van der Waals surface area contributed by atoms with Gasteiger partial charge in [-0.3, -0.25) is 9.69 Å². The van der Waals surface area contributed by atoms with Gasteiger partial charge in [0.05, 0.1) is 26.3 Å². The number of rotatable bonds is 13. The third-order valence-electron chi connectivity index (χ3n) is 9.66. The fourth-order valence-electron chi connectivity index (χ4n) is 6.61. The second-order valence-electron chi connectivity index (χ2n) is 13.8. The van der Waals surface area contributed by atoms with E-state index in [0.29, 0.717) is 62.1 Å². The smallest absolute Gasteiger partial charge is 0.411 e. The van der Waals surface area contributed by atoms with Gasteiger partial charge < -0.3 is 33.9 Å². The molecule has 53 heavy (non-hydrogen) atoms. The van der Waals surface area contributed by atoms with Crippen molar-refractivity contribution < 1.29 is 33.3 Å². The summed E-state index contributed by atoms with van der Waals surface area (Å²) in [7, 11) is 3.19. The second kappa shape index (κ2) is 16.6. The summed E-state index contributed by atoms with van der Waals surface area (Å²) in [4.78, 5) is 32.6.